The molecule has 0 unspecified atom stereocenters. The normalized spacial score (nSPS) is 11.0. The molecule has 0 aliphatic carbocycles. The van der Waals surface area contributed by atoms with E-state index in [1.165, 1.54) is 25.3 Å². The van der Waals surface area contributed by atoms with Crippen molar-refractivity contribution in [2.45, 2.75) is 11.8 Å². The number of nitro benzene ring substituents is 1. The average molecular weight is 365 g/mol. The maximum Gasteiger partial charge on any atom is 0.271 e. The van der Waals surface area contributed by atoms with E-state index in [0.29, 0.717) is 5.56 Å². The number of aromatic carboxylic acids is 1. The molecule has 0 saturated heterocycles. The van der Waals surface area contributed by atoms with Gasteiger partial charge in [0.1, 0.15) is 10.6 Å². The molecule has 0 aliphatic heterocycles. The van der Waals surface area contributed by atoms with E-state index in [0.717, 1.165) is 18.2 Å². The molecule has 0 saturated carbocycles. The van der Waals surface area contributed by atoms with Crippen LogP contribution in [0.15, 0.2) is 41.3 Å². The largest absolute Gasteiger partial charge is 0.545 e. The van der Waals surface area contributed by atoms with Gasteiger partial charge in [-0.1, -0.05) is 6.07 Å². The highest BCUT2D eigenvalue weighted by molar-refractivity contribution is 7.92. The van der Waals surface area contributed by atoms with E-state index in [9.17, 15) is 28.4 Å². The lowest BCUT2D eigenvalue weighted by molar-refractivity contribution is -0.384. The third kappa shape index (κ3) is 3.86. The molecule has 10 heteroatoms. The Morgan fingerprint density at radius 3 is 2.44 bits per heavy atom. The van der Waals surface area contributed by atoms with Crippen LogP contribution < -0.4 is 14.6 Å². The van der Waals surface area contributed by atoms with Crippen LogP contribution in [0.1, 0.15) is 15.9 Å². The van der Waals surface area contributed by atoms with E-state index in [4.69, 9.17) is 4.74 Å². The van der Waals surface area contributed by atoms with Gasteiger partial charge >= 0.3 is 0 Å². The van der Waals surface area contributed by atoms with Gasteiger partial charge in [-0.15, -0.1) is 0 Å². The van der Waals surface area contributed by atoms with Crippen LogP contribution in [0.3, 0.4) is 0 Å². The molecule has 0 amide bonds. The van der Waals surface area contributed by atoms with Crippen LogP contribution in [0.5, 0.6) is 5.75 Å². The number of nitrogens with one attached hydrogen (secondary N) is 1. The van der Waals surface area contributed by atoms with Crippen LogP contribution in [0, 0.1) is 17.0 Å². The number of carbonyl (C=O) groups excluding carboxylic acids is 1. The predicted molar refractivity (Wildman–Crippen MR) is 86.0 cm³/mol. The standard InChI is InChI=1S/C15H14N2O7S/c1-9-3-5-11(17(20)21)8-12(9)16-25(22,23)14-7-10(15(18)19)4-6-13(14)24-2/h3-8,16H,1-2H3,(H,18,19)/p-1. The zero-order valence-corrected chi connectivity index (χ0v) is 14.0. The first kappa shape index (κ1) is 18.2. The van der Waals surface area contributed by atoms with Crippen LogP contribution in [0.2, 0.25) is 0 Å². The number of hydrogen-bond donors (Lipinski definition) is 1. The highest BCUT2D eigenvalue weighted by Crippen LogP contribution is 2.29. The van der Waals surface area contributed by atoms with Gasteiger partial charge in [-0.2, -0.15) is 0 Å². The fourth-order valence-electron chi connectivity index (χ4n) is 2.05. The third-order valence-electron chi connectivity index (χ3n) is 3.37. The molecule has 0 fully saturated rings. The molecular weight excluding hydrogens is 352 g/mol. The van der Waals surface area contributed by atoms with Crippen molar-refractivity contribution in [2.24, 2.45) is 0 Å². The lowest BCUT2D eigenvalue weighted by Gasteiger charge is -2.14. The number of carbonyl (C=O) groups is 1. The molecule has 0 aromatic heterocycles. The number of sulfonamides is 1. The van der Waals surface area contributed by atoms with Gasteiger partial charge in [-0.3, -0.25) is 14.8 Å². The predicted octanol–water partition coefficient (Wildman–Crippen LogP) is 1.08. The molecule has 1 N–H and O–H groups in total. The summed E-state index contributed by atoms with van der Waals surface area (Å²) in [5.74, 6) is -1.63. The Labute approximate surface area is 143 Å². The number of carboxylic acid groups (broad SMARTS) is 1. The second kappa shape index (κ2) is 6.77. The number of carboxylic acids is 1. The Morgan fingerprint density at radius 2 is 1.88 bits per heavy atom. The van der Waals surface area contributed by atoms with Gasteiger partial charge in [0.25, 0.3) is 15.7 Å². The molecule has 132 valence electrons. The van der Waals surface area contributed by atoms with Gasteiger partial charge in [-0.05, 0) is 36.2 Å². The molecule has 2 aromatic carbocycles. The first-order chi connectivity index (χ1) is 11.7. The monoisotopic (exact) mass is 365 g/mol. The smallest absolute Gasteiger partial charge is 0.271 e. The minimum absolute atomic E-state index is 0.00453. The van der Waals surface area contributed by atoms with Crippen molar-refractivity contribution in [3.05, 3.63) is 57.6 Å². The topological polar surface area (TPSA) is 139 Å². The molecule has 9 nitrogen and oxygen atoms in total. The third-order valence-corrected chi connectivity index (χ3v) is 4.75. The lowest BCUT2D eigenvalue weighted by atomic mass is 10.2. The number of nitro groups is 1. The summed E-state index contributed by atoms with van der Waals surface area (Å²) in [7, 11) is -3.04. The number of benzene rings is 2. The first-order valence-corrected chi connectivity index (χ1v) is 8.31. The van der Waals surface area contributed by atoms with Crippen LogP contribution in [0.4, 0.5) is 11.4 Å². The van der Waals surface area contributed by atoms with E-state index >= 15 is 0 Å². The summed E-state index contributed by atoms with van der Waals surface area (Å²) in [5.41, 5.74) is -0.199. The number of rotatable bonds is 6. The van der Waals surface area contributed by atoms with Crippen molar-refractivity contribution in [3.8, 4) is 5.75 Å². The number of hydrogen-bond acceptors (Lipinski definition) is 7. The maximum atomic E-state index is 12.6. The summed E-state index contributed by atoms with van der Waals surface area (Å²) in [6.07, 6.45) is 0. The second-order valence-electron chi connectivity index (χ2n) is 5.01. The molecule has 2 aromatic rings. The minimum atomic E-state index is -4.27. The van der Waals surface area contributed by atoms with E-state index in [1.807, 2.05) is 0 Å². The molecule has 0 heterocycles. The van der Waals surface area contributed by atoms with Gasteiger partial charge in [0, 0.05) is 12.1 Å². The molecule has 2 rings (SSSR count). The van der Waals surface area contributed by atoms with Crippen molar-refractivity contribution in [1.29, 1.82) is 0 Å². The number of anilines is 1. The van der Waals surface area contributed by atoms with Gasteiger partial charge in [0.2, 0.25) is 0 Å². The number of non-ortho nitro benzene ring substituents is 1. The van der Waals surface area contributed by atoms with Crippen molar-refractivity contribution in [1.82, 2.24) is 0 Å². The average Bonchev–Trinajstić information content (AvgIpc) is 2.55. The number of aryl methyl sites for hydroxylation is 1. The Bertz CT molecular complexity index is 954. The van der Waals surface area contributed by atoms with Crippen LogP contribution in [0.25, 0.3) is 0 Å². The first-order valence-electron chi connectivity index (χ1n) is 6.83. The number of methoxy groups -OCH3 is 1. The molecule has 0 bridgehead atoms. The summed E-state index contributed by atoms with van der Waals surface area (Å²) in [6, 6.07) is 6.92. The van der Waals surface area contributed by atoms with Gasteiger partial charge in [0.15, 0.2) is 0 Å². The van der Waals surface area contributed by atoms with Crippen LogP contribution in [-0.4, -0.2) is 26.4 Å². The Morgan fingerprint density at radius 1 is 1.20 bits per heavy atom. The van der Waals surface area contributed by atoms with Gasteiger partial charge < -0.3 is 14.6 Å². The summed E-state index contributed by atoms with van der Waals surface area (Å²) in [5, 5.41) is 21.8. The van der Waals surface area contributed by atoms with Crippen LogP contribution in [-0.2, 0) is 10.0 Å². The SMILES string of the molecule is COc1ccc(C(=O)[O-])cc1S(=O)(=O)Nc1cc([N+](=O)[O-])ccc1C. The van der Waals surface area contributed by atoms with E-state index in [1.54, 1.807) is 6.92 Å². The summed E-state index contributed by atoms with van der Waals surface area (Å²) < 4.78 is 32.4. The Hall–Kier alpha value is -3.14. The highest BCUT2D eigenvalue weighted by atomic mass is 32.2. The Kier molecular flexibility index (Phi) is 4.93. The minimum Gasteiger partial charge on any atom is -0.545 e. The number of ether oxygens (including phenoxy) is 1. The van der Waals surface area contributed by atoms with Crippen molar-refractivity contribution < 1.29 is 28.0 Å². The van der Waals surface area contributed by atoms with E-state index in [2.05, 4.69) is 4.72 Å². The lowest BCUT2D eigenvalue weighted by Crippen LogP contribution is -2.23. The maximum absolute atomic E-state index is 12.6. The van der Waals surface area contributed by atoms with Crippen LogP contribution >= 0.6 is 0 Å². The molecule has 0 aliphatic rings. The van der Waals surface area contributed by atoms with Crippen molar-refractivity contribution in [3.63, 3.8) is 0 Å². The molecule has 0 atom stereocenters. The van der Waals surface area contributed by atoms with Crippen molar-refractivity contribution >= 4 is 27.4 Å². The Balaban J connectivity index is 2.53. The second-order valence-corrected chi connectivity index (χ2v) is 6.67. The molecule has 0 radical (unpaired) electrons. The van der Waals surface area contributed by atoms with Crippen molar-refractivity contribution in [2.75, 3.05) is 11.8 Å². The summed E-state index contributed by atoms with van der Waals surface area (Å²) in [4.78, 5) is 20.7. The molecule has 0 spiro atoms. The van der Waals surface area contributed by atoms with E-state index < -0.39 is 25.8 Å². The quantitative estimate of drug-likeness (QED) is 0.597. The molecular formula is C15H13N2O7S-. The fraction of sp³-hybridized carbons (Fsp3) is 0.133. The zero-order chi connectivity index (χ0) is 18.8. The molecule has 25 heavy (non-hydrogen) atoms. The number of nitrogens with zero attached hydrogens (tertiary/aromatic N) is 1. The highest BCUT2D eigenvalue weighted by Gasteiger charge is 2.22. The van der Waals surface area contributed by atoms with Gasteiger partial charge in [0.05, 0.1) is 23.7 Å². The zero-order valence-electron chi connectivity index (χ0n) is 13.2. The van der Waals surface area contributed by atoms with E-state index in [-0.39, 0.29) is 22.7 Å². The fourth-order valence-corrected chi connectivity index (χ4v) is 3.36. The summed E-state index contributed by atoms with van der Waals surface area (Å²) >= 11 is 0. The van der Waals surface area contributed by atoms with Gasteiger partial charge in [-0.25, -0.2) is 8.42 Å². The summed E-state index contributed by atoms with van der Waals surface area (Å²) in [6.45, 7) is 1.57.